The Hall–Kier alpha value is -0.0800. The van der Waals surface area contributed by atoms with Gasteiger partial charge in [0.25, 0.3) is 0 Å². The molecule has 2 nitrogen and oxygen atoms in total. The maximum atomic E-state index is 5.50. The molecule has 0 aromatic heterocycles. The maximum absolute atomic E-state index is 5.50. The first-order valence-electron chi connectivity index (χ1n) is 8.47. The van der Waals surface area contributed by atoms with Crippen LogP contribution < -0.4 is 5.32 Å². The van der Waals surface area contributed by atoms with Crippen LogP contribution in [0, 0.1) is 23.7 Å². The SMILES string of the molecule is CCNCC1CCC(C(C)C)CC1CCCOCC. The van der Waals surface area contributed by atoms with Crippen LogP contribution in [0.2, 0.25) is 0 Å². The van der Waals surface area contributed by atoms with Crippen LogP contribution in [-0.4, -0.2) is 26.3 Å². The molecule has 0 aromatic rings. The molecule has 0 aliphatic heterocycles. The summed E-state index contributed by atoms with van der Waals surface area (Å²) in [6.45, 7) is 13.2. The monoisotopic (exact) mass is 269 g/mol. The van der Waals surface area contributed by atoms with E-state index in [0.717, 1.165) is 43.4 Å². The fourth-order valence-corrected chi connectivity index (χ4v) is 3.51. The third-order valence-corrected chi connectivity index (χ3v) is 4.85. The lowest BCUT2D eigenvalue weighted by molar-refractivity contribution is 0.108. The smallest absolute Gasteiger partial charge is 0.0465 e. The van der Waals surface area contributed by atoms with E-state index in [2.05, 4.69) is 33.0 Å². The van der Waals surface area contributed by atoms with Crippen molar-refractivity contribution in [3.05, 3.63) is 0 Å². The molecule has 3 unspecified atom stereocenters. The minimum absolute atomic E-state index is 0.856. The van der Waals surface area contributed by atoms with Gasteiger partial charge in [0.15, 0.2) is 0 Å². The summed E-state index contributed by atoms with van der Waals surface area (Å²) in [7, 11) is 0. The molecule has 1 fully saturated rings. The van der Waals surface area contributed by atoms with Gasteiger partial charge in [0.1, 0.15) is 0 Å². The number of rotatable bonds is 9. The lowest BCUT2D eigenvalue weighted by Crippen LogP contribution is -2.34. The molecule has 2 heteroatoms. The van der Waals surface area contributed by atoms with Gasteiger partial charge in [0.2, 0.25) is 0 Å². The Morgan fingerprint density at radius 3 is 2.58 bits per heavy atom. The summed E-state index contributed by atoms with van der Waals surface area (Å²) < 4.78 is 5.50. The first-order valence-corrected chi connectivity index (χ1v) is 8.47. The number of ether oxygens (including phenoxy) is 1. The van der Waals surface area contributed by atoms with E-state index in [4.69, 9.17) is 4.74 Å². The Balaban J connectivity index is 2.40. The number of hydrogen-bond donors (Lipinski definition) is 1. The molecule has 3 atom stereocenters. The molecule has 1 aliphatic carbocycles. The lowest BCUT2D eigenvalue weighted by atomic mass is 9.69. The minimum Gasteiger partial charge on any atom is -0.382 e. The van der Waals surface area contributed by atoms with Crippen molar-refractivity contribution in [3.63, 3.8) is 0 Å². The molecule has 1 N–H and O–H groups in total. The Kier molecular flexibility index (Phi) is 8.72. The normalized spacial score (nSPS) is 27.9. The number of nitrogens with one attached hydrogen (secondary N) is 1. The van der Waals surface area contributed by atoms with Gasteiger partial charge in [-0.05, 0) is 75.8 Å². The first kappa shape index (κ1) is 17.0. The molecule has 0 amide bonds. The molecule has 0 saturated heterocycles. The van der Waals surface area contributed by atoms with Crippen LogP contribution >= 0.6 is 0 Å². The second-order valence-electron chi connectivity index (χ2n) is 6.48. The van der Waals surface area contributed by atoms with Crippen LogP contribution in [0.1, 0.15) is 59.8 Å². The van der Waals surface area contributed by atoms with Crippen molar-refractivity contribution in [2.75, 3.05) is 26.3 Å². The van der Waals surface area contributed by atoms with E-state index in [1.165, 1.54) is 38.6 Å². The van der Waals surface area contributed by atoms with E-state index in [9.17, 15) is 0 Å². The molecular weight excluding hydrogens is 234 g/mol. The standard InChI is InChI=1S/C17H35NO/c1-5-18-13-17-10-9-15(14(3)4)12-16(17)8-7-11-19-6-2/h14-18H,5-13H2,1-4H3. The minimum atomic E-state index is 0.856. The predicted molar refractivity (Wildman–Crippen MR) is 83.4 cm³/mol. The summed E-state index contributed by atoms with van der Waals surface area (Å²) in [5, 5.41) is 3.56. The van der Waals surface area contributed by atoms with Crippen LogP contribution in [0.4, 0.5) is 0 Å². The average Bonchev–Trinajstić information content (AvgIpc) is 2.41. The summed E-state index contributed by atoms with van der Waals surface area (Å²) in [5.74, 6) is 3.63. The molecule has 0 aromatic carbocycles. The Labute approximate surface area is 120 Å². The van der Waals surface area contributed by atoms with Gasteiger partial charge < -0.3 is 10.1 Å². The third kappa shape index (κ3) is 6.27. The van der Waals surface area contributed by atoms with Crippen molar-refractivity contribution < 1.29 is 4.74 Å². The fourth-order valence-electron chi connectivity index (χ4n) is 3.51. The quantitative estimate of drug-likeness (QED) is 0.636. The molecule has 114 valence electrons. The summed E-state index contributed by atoms with van der Waals surface area (Å²) >= 11 is 0. The molecular formula is C17H35NO. The number of hydrogen-bond acceptors (Lipinski definition) is 2. The molecule has 0 radical (unpaired) electrons. The van der Waals surface area contributed by atoms with Gasteiger partial charge in [-0.15, -0.1) is 0 Å². The average molecular weight is 269 g/mol. The van der Waals surface area contributed by atoms with E-state index in [-0.39, 0.29) is 0 Å². The Morgan fingerprint density at radius 1 is 1.16 bits per heavy atom. The van der Waals surface area contributed by atoms with Crippen molar-refractivity contribution in [2.45, 2.75) is 59.8 Å². The van der Waals surface area contributed by atoms with Crippen molar-refractivity contribution in [1.29, 1.82) is 0 Å². The van der Waals surface area contributed by atoms with Gasteiger partial charge in [-0.2, -0.15) is 0 Å². The Morgan fingerprint density at radius 2 is 1.95 bits per heavy atom. The van der Waals surface area contributed by atoms with Crippen LogP contribution in [0.3, 0.4) is 0 Å². The molecule has 1 rings (SSSR count). The van der Waals surface area contributed by atoms with Gasteiger partial charge in [-0.25, -0.2) is 0 Å². The summed E-state index contributed by atoms with van der Waals surface area (Å²) in [4.78, 5) is 0. The highest BCUT2D eigenvalue weighted by atomic mass is 16.5. The second kappa shape index (κ2) is 9.77. The lowest BCUT2D eigenvalue weighted by Gasteiger charge is -2.38. The van der Waals surface area contributed by atoms with E-state index >= 15 is 0 Å². The highest BCUT2D eigenvalue weighted by Gasteiger charge is 2.30. The van der Waals surface area contributed by atoms with Crippen molar-refractivity contribution >= 4 is 0 Å². The van der Waals surface area contributed by atoms with E-state index in [1.54, 1.807) is 0 Å². The van der Waals surface area contributed by atoms with E-state index in [1.807, 2.05) is 0 Å². The molecule has 1 saturated carbocycles. The zero-order valence-electron chi connectivity index (χ0n) is 13.6. The van der Waals surface area contributed by atoms with Gasteiger partial charge in [-0.1, -0.05) is 20.8 Å². The predicted octanol–water partition coefficient (Wildman–Crippen LogP) is 4.10. The summed E-state index contributed by atoms with van der Waals surface area (Å²) in [5.41, 5.74) is 0. The topological polar surface area (TPSA) is 21.3 Å². The fraction of sp³-hybridized carbons (Fsp3) is 1.00. The van der Waals surface area contributed by atoms with Gasteiger partial charge in [0, 0.05) is 13.2 Å². The van der Waals surface area contributed by atoms with Crippen LogP contribution in [-0.2, 0) is 4.74 Å². The van der Waals surface area contributed by atoms with Gasteiger partial charge in [-0.3, -0.25) is 0 Å². The highest BCUT2D eigenvalue weighted by Crippen LogP contribution is 2.39. The second-order valence-corrected chi connectivity index (χ2v) is 6.48. The van der Waals surface area contributed by atoms with E-state index < -0.39 is 0 Å². The zero-order valence-corrected chi connectivity index (χ0v) is 13.6. The zero-order chi connectivity index (χ0) is 14.1. The van der Waals surface area contributed by atoms with Gasteiger partial charge in [0.05, 0.1) is 0 Å². The largest absolute Gasteiger partial charge is 0.382 e. The summed E-state index contributed by atoms with van der Waals surface area (Å²) in [6, 6.07) is 0. The highest BCUT2D eigenvalue weighted by molar-refractivity contribution is 4.82. The molecule has 1 aliphatic rings. The van der Waals surface area contributed by atoms with Gasteiger partial charge >= 0.3 is 0 Å². The summed E-state index contributed by atoms with van der Waals surface area (Å²) in [6.07, 6.45) is 6.91. The maximum Gasteiger partial charge on any atom is 0.0465 e. The van der Waals surface area contributed by atoms with Crippen molar-refractivity contribution in [3.8, 4) is 0 Å². The Bertz CT molecular complexity index is 217. The molecule has 0 heterocycles. The molecule has 0 spiro atoms. The third-order valence-electron chi connectivity index (χ3n) is 4.85. The molecule has 19 heavy (non-hydrogen) atoms. The van der Waals surface area contributed by atoms with Crippen LogP contribution in [0.15, 0.2) is 0 Å². The van der Waals surface area contributed by atoms with Crippen molar-refractivity contribution in [1.82, 2.24) is 5.32 Å². The van der Waals surface area contributed by atoms with Crippen LogP contribution in [0.5, 0.6) is 0 Å². The van der Waals surface area contributed by atoms with Crippen molar-refractivity contribution in [2.24, 2.45) is 23.7 Å². The molecule has 0 bridgehead atoms. The van der Waals surface area contributed by atoms with Crippen LogP contribution in [0.25, 0.3) is 0 Å². The van der Waals surface area contributed by atoms with E-state index in [0.29, 0.717) is 0 Å². The first-order chi connectivity index (χ1) is 9.19.